The summed E-state index contributed by atoms with van der Waals surface area (Å²) >= 11 is 1.66. The number of aromatic nitrogens is 4. The Hall–Kier alpha value is -2.34. The molecule has 100 valence electrons. The standard InChI is InChI=1S/C14H13N5S/c1-9-13(19-4-5-20-14(19)17-9)8-15-11-2-3-12-10(6-11)7-16-18-12/h2-7,15H,8H2,1H3,(H,16,18). The molecule has 0 aliphatic carbocycles. The Balaban J connectivity index is 1.63. The molecule has 2 N–H and O–H groups in total. The molecule has 0 aliphatic heterocycles. The van der Waals surface area contributed by atoms with Crippen molar-refractivity contribution in [3.8, 4) is 0 Å². The Kier molecular flexibility index (Phi) is 2.50. The van der Waals surface area contributed by atoms with Gasteiger partial charge in [0.1, 0.15) is 0 Å². The first-order valence-electron chi connectivity index (χ1n) is 6.39. The van der Waals surface area contributed by atoms with Crippen LogP contribution in [-0.2, 0) is 6.54 Å². The fourth-order valence-electron chi connectivity index (χ4n) is 2.39. The zero-order chi connectivity index (χ0) is 13.5. The van der Waals surface area contributed by atoms with Gasteiger partial charge in [-0.15, -0.1) is 11.3 Å². The van der Waals surface area contributed by atoms with E-state index in [1.54, 1.807) is 11.3 Å². The van der Waals surface area contributed by atoms with Crippen LogP contribution in [0.3, 0.4) is 0 Å². The molecule has 4 rings (SSSR count). The highest BCUT2D eigenvalue weighted by atomic mass is 32.1. The van der Waals surface area contributed by atoms with Gasteiger partial charge in [-0.05, 0) is 25.1 Å². The maximum Gasteiger partial charge on any atom is 0.194 e. The first kappa shape index (κ1) is 11.5. The highest BCUT2D eigenvalue weighted by molar-refractivity contribution is 7.15. The summed E-state index contributed by atoms with van der Waals surface area (Å²) in [6.45, 7) is 2.81. The zero-order valence-electron chi connectivity index (χ0n) is 10.9. The molecule has 0 atom stereocenters. The highest BCUT2D eigenvalue weighted by Gasteiger charge is 2.09. The number of rotatable bonds is 3. The maximum absolute atomic E-state index is 4.55. The summed E-state index contributed by atoms with van der Waals surface area (Å²) in [6.07, 6.45) is 3.90. The van der Waals surface area contributed by atoms with Gasteiger partial charge in [-0.1, -0.05) is 0 Å². The van der Waals surface area contributed by atoms with Crippen LogP contribution < -0.4 is 5.32 Å². The van der Waals surface area contributed by atoms with Crippen molar-refractivity contribution in [1.29, 1.82) is 0 Å². The predicted molar refractivity (Wildman–Crippen MR) is 81.2 cm³/mol. The van der Waals surface area contributed by atoms with Crippen LogP contribution in [0.15, 0.2) is 36.0 Å². The van der Waals surface area contributed by atoms with Crippen molar-refractivity contribution in [2.24, 2.45) is 0 Å². The number of imidazole rings is 1. The van der Waals surface area contributed by atoms with Crippen LogP contribution >= 0.6 is 11.3 Å². The van der Waals surface area contributed by atoms with Crippen molar-refractivity contribution < 1.29 is 0 Å². The van der Waals surface area contributed by atoms with E-state index >= 15 is 0 Å². The molecule has 1 aromatic carbocycles. The maximum atomic E-state index is 4.55. The summed E-state index contributed by atoms with van der Waals surface area (Å²) in [5.41, 5.74) is 4.42. The lowest BCUT2D eigenvalue weighted by Crippen LogP contribution is -2.03. The monoisotopic (exact) mass is 283 g/mol. The third kappa shape index (κ3) is 1.77. The van der Waals surface area contributed by atoms with Gasteiger partial charge in [0, 0.05) is 22.7 Å². The SMILES string of the molecule is Cc1nc2sccn2c1CNc1ccc2[nH]ncc2c1. The van der Waals surface area contributed by atoms with E-state index < -0.39 is 0 Å². The molecule has 6 heteroatoms. The van der Waals surface area contributed by atoms with E-state index in [4.69, 9.17) is 0 Å². The largest absolute Gasteiger partial charge is 0.379 e. The average molecular weight is 283 g/mol. The smallest absolute Gasteiger partial charge is 0.194 e. The summed E-state index contributed by atoms with van der Waals surface area (Å²) in [5.74, 6) is 0. The number of nitrogens with zero attached hydrogens (tertiary/aromatic N) is 3. The molecule has 0 unspecified atom stereocenters. The summed E-state index contributed by atoms with van der Waals surface area (Å²) in [5, 5.41) is 13.6. The number of nitrogens with one attached hydrogen (secondary N) is 2. The Labute approximate surface area is 119 Å². The zero-order valence-corrected chi connectivity index (χ0v) is 11.7. The van der Waals surface area contributed by atoms with E-state index in [1.165, 1.54) is 5.69 Å². The van der Waals surface area contributed by atoms with E-state index in [0.29, 0.717) is 0 Å². The Morgan fingerprint density at radius 1 is 1.40 bits per heavy atom. The van der Waals surface area contributed by atoms with E-state index in [9.17, 15) is 0 Å². The molecule has 0 aliphatic rings. The number of anilines is 1. The quantitative estimate of drug-likeness (QED) is 0.607. The van der Waals surface area contributed by atoms with Crippen molar-refractivity contribution in [3.63, 3.8) is 0 Å². The minimum Gasteiger partial charge on any atom is -0.379 e. The van der Waals surface area contributed by atoms with Gasteiger partial charge in [-0.25, -0.2) is 4.98 Å². The van der Waals surface area contributed by atoms with Crippen molar-refractivity contribution in [2.45, 2.75) is 13.5 Å². The lowest BCUT2D eigenvalue weighted by molar-refractivity contribution is 0.995. The van der Waals surface area contributed by atoms with Gasteiger partial charge in [0.05, 0.1) is 29.6 Å². The van der Waals surface area contributed by atoms with E-state index in [2.05, 4.69) is 55.5 Å². The van der Waals surface area contributed by atoms with Gasteiger partial charge in [-0.3, -0.25) is 9.50 Å². The number of hydrogen-bond acceptors (Lipinski definition) is 4. The third-order valence-corrected chi connectivity index (χ3v) is 4.22. The van der Waals surface area contributed by atoms with Crippen molar-refractivity contribution in [3.05, 3.63) is 47.4 Å². The molecule has 0 saturated heterocycles. The molecular weight excluding hydrogens is 270 g/mol. The molecule has 0 fully saturated rings. The van der Waals surface area contributed by atoms with Crippen molar-refractivity contribution in [2.75, 3.05) is 5.32 Å². The number of aromatic amines is 1. The number of aryl methyl sites for hydroxylation is 1. The molecule has 0 radical (unpaired) electrons. The molecule has 4 aromatic rings. The second-order valence-corrected chi connectivity index (χ2v) is 5.60. The number of thiazole rings is 1. The molecule has 0 amide bonds. The summed E-state index contributed by atoms with van der Waals surface area (Å²) in [4.78, 5) is 5.60. The molecule has 3 heterocycles. The minimum atomic E-state index is 0.757. The molecule has 20 heavy (non-hydrogen) atoms. The number of fused-ring (bicyclic) bond motifs is 2. The molecular formula is C14H13N5S. The second kappa shape index (κ2) is 4.35. The van der Waals surface area contributed by atoms with Crippen LogP contribution in [0.25, 0.3) is 15.9 Å². The van der Waals surface area contributed by atoms with Crippen LogP contribution in [0, 0.1) is 6.92 Å². The second-order valence-electron chi connectivity index (χ2n) is 4.73. The lowest BCUT2D eigenvalue weighted by atomic mass is 10.2. The van der Waals surface area contributed by atoms with Crippen molar-refractivity contribution in [1.82, 2.24) is 19.6 Å². The number of hydrogen-bond donors (Lipinski definition) is 2. The van der Waals surface area contributed by atoms with Crippen molar-refractivity contribution >= 4 is 32.9 Å². The number of benzene rings is 1. The Morgan fingerprint density at radius 3 is 3.30 bits per heavy atom. The lowest BCUT2D eigenvalue weighted by Gasteiger charge is -2.06. The van der Waals surface area contributed by atoms with E-state index in [0.717, 1.165) is 33.8 Å². The number of H-pyrrole nitrogens is 1. The minimum absolute atomic E-state index is 0.757. The van der Waals surface area contributed by atoms with E-state index in [-0.39, 0.29) is 0 Å². The predicted octanol–water partition coefficient (Wildman–Crippen LogP) is 3.19. The Morgan fingerprint density at radius 2 is 2.35 bits per heavy atom. The average Bonchev–Trinajstić information content (AvgIpc) is 3.12. The normalized spacial score (nSPS) is 11.4. The fraction of sp³-hybridized carbons (Fsp3) is 0.143. The third-order valence-electron chi connectivity index (χ3n) is 3.46. The van der Waals surface area contributed by atoms with Crippen LogP contribution in [0.1, 0.15) is 11.4 Å². The first-order chi connectivity index (χ1) is 9.81. The van der Waals surface area contributed by atoms with Crippen LogP contribution in [0.5, 0.6) is 0 Å². The molecule has 0 bridgehead atoms. The topological polar surface area (TPSA) is 58.0 Å². The molecule has 5 nitrogen and oxygen atoms in total. The summed E-state index contributed by atoms with van der Waals surface area (Å²) in [7, 11) is 0. The highest BCUT2D eigenvalue weighted by Crippen LogP contribution is 2.20. The van der Waals surface area contributed by atoms with E-state index in [1.807, 2.05) is 12.3 Å². The van der Waals surface area contributed by atoms with Crippen LogP contribution in [-0.4, -0.2) is 19.6 Å². The summed E-state index contributed by atoms with van der Waals surface area (Å²) < 4.78 is 2.14. The van der Waals surface area contributed by atoms with Crippen LogP contribution in [0.2, 0.25) is 0 Å². The molecule has 0 saturated carbocycles. The van der Waals surface area contributed by atoms with Gasteiger partial charge < -0.3 is 5.32 Å². The van der Waals surface area contributed by atoms with Gasteiger partial charge in [0.25, 0.3) is 0 Å². The Bertz CT molecular complexity index is 885. The van der Waals surface area contributed by atoms with Gasteiger partial charge >= 0.3 is 0 Å². The fourth-order valence-corrected chi connectivity index (χ4v) is 3.17. The van der Waals surface area contributed by atoms with Gasteiger partial charge in [0.2, 0.25) is 0 Å². The van der Waals surface area contributed by atoms with Gasteiger partial charge in [-0.2, -0.15) is 5.10 Å². The molecule has 3 aromatic heterocycles. The first-order valence-corrected chi connectivity index (χ1v) is 7.27. The van der Waals surface area contributed by atoms with Crippen LogP contribution in [0.4, 0.5) is 5.69 Å². The molecule has 0 spiro atoms. The van der Waals surface area contributed by atoms with Gasteiger partial charge in [0.15, 0.2) is 4.96 Å². The summed E-state index contributed by atoms with van der Waals surface area (Å²) in [6, 6.07) is 6.19.